The van der Waals surface area contributed by atoms with Crippen molar-refractivity contribution >= 4 is 11.8 Å². The minimum absolute atomic E-state index is 0.185. The smallest absolute Gasteiger partial charge is 0.236 e. The number of nitrogens with zero attached hydrogens (tertiary/aromatic N) is 3. The second-order valence-corrected chi connectivity index (χ2v) is 7.62. The molecule has 0 bridgehead atoms. The molecule has 1 heterocycles. The number of hydrogen-bond donors (Lipinski definition) is 0. The summed E-state index contributed by atoms with van der Waals surface area (Å²) in [6.45, 7) is 13.4. The number of benzene rings is 1. The summed E-state index contributed by atoms with van der Waals surface area (Å²) in [5, 5.41) is 0. The molecule has 1 saturated heterocycles. The van der Waals surface area contributed by atoms with Crippen LogP contribution in [0.1, 0.15) is 51.2 Å². The fourth-order valence-corrected chi connectivity index (χ4v) is 3.50. The summed E-state index contributed by atoms with van der Waals surface area (Å²) in [5.41, 5.74) is 2.55. The van der Waals surface area contributed by atoms with E-state index >= 15 is 0 Å². The molecule has 1 fully saturated rings. The summed E-state index contributed by atoms with van der Waals surface area (Å²) < 4.78 is 0. The van der Waals surface area contributed by atoms with E-state index in [9.17, 15) is 9.59 Å². The lowest BCUT2D eigenvalue weighted by Gasteiger charge is -2.35. The quantitative estimate of drug-likeness (QED) is 0.704. The van der Waals surface area contributed by atoms with Gasteiger partial charge in [0.15, 0.2) is 0 Å². The lowest BCUT2D eigenvalue weighted by molar-refractivity contribution is -0.135. The molecule has 1 aromatic carbocycles. The number of piperazine rings is 1. The van der Waals surface area contributed by atoms with Crippen LogP contribution in [-0.4, -0.2) is 72.3 Å². The van der Waals surface area contributed by atoms with Gasteiger partial charge in [0.25, 0.3) is 0 Å². The topological polar surface area (TPSA) is 43.9 Å². The van der Waals surface area contributed by atoms with Crippen molar-refractivity contribution in [3.8, 4) is 0 Å². The van der Waals surface area contributed by atoms with Crippen molar-refractivity contribution in [1.82, 2.24) is 14.7 Å². The van der Waals surface area contributed by atoms with Gasteiger partial charge in [-0.3, -0.25) is 14.5 Å². The fraction of sp³-hybridized carbons (Fsp3) is 0.636. The maximum absolute atomic E-state index is 12.5. The summed E-state index contributed by atoms with van der Waals surface area (Å²) in [7, 11) is 0. The predicted octanol–water partition coefficient (Wildman–Crippen LogP) is 2.76. The first kappa shape index (κ1) is 21.4. The van der Waals surface area contributed by atoms with Gasteiger partial charge in [-0.25, -0.2) is 0 Å². The molecule has 0 unspecified atom stereocenters. The Morgan fingerprint density at radius 2 is 1.59 bits per heavy atom. The number of amides is 2. The molecule has 5 heteroatoms. The zero-order valence-electron chi connectivity index (χ0n) is 17.4. The fourth-order valence-electron chi connectivity index (χ4n) is 3.50. The second kappa shape index (κ2) is 10.5. The van der Waals surface area contributed by atoms with Crippen molar-refractivity contribution in [2.24, 2.45) is 0 Å². The largest absolute Gasteiger partial charge is 0.342 e. The molecule has 0 aromatic heterocycles. The minimum Gasteiger partial charge on any atom is -0.342 e. The van der Waals surface area contributed by atoms with Crippen molar-refractivity contribution in [1.29, 1.82) is 0 Å². The molecular formula is C22H35N3O2. The number of carbonyl (C=O) groups is 2. The summed E-state index contributed by atoms with van der Waals surface area (Å²) in [5.74, 6) is 0.938. The Hall–Kier alpha value is -1.88. The monoisotopic (exact) mass is 373 g/mol. The number of carbonyl (C=O) groups excluding carboxylic acids is 2. The van der Waals surface area contributed by atoms with Crippen LogP contribution in [0.4, 0.5) is 0 Å². The summed E-state index contributed by atoms with van der Waals surface area (Å²) >= 11 is 0. The highest BCUT2D eigenvalue weighted by Gasteiger charge is 2.23. The van der Waals surface area contributed by atoms with Gasteiger partial charge in [0, 0.05) is 45.7 Å². The molecule has 0 aliphatic carbocycles. The number of aryl methyl sites for hydroxylation is 1. The molecule has 0 saturated carbocycles. The van der Waals surface area contributed by atoms with Crippen molar-refractivity contribution in [3.63, 3.8) is 0 Å². The van der Waals surface area contributed by atoms with Crippen LogP contribution in [0.3, 0.4) is 0 Å². The Kier molecular flexibility index (Phi) is 8.29. The second-order valence-electron chi connectivity index (χ2n) is 7.62. The van der Waals surface area contributed by atoms with Crippen LogP contribution < -0.4 is 0 Å². The Balaban J connectivity index is 1.73. The van der Waals surface area contributed by atoms with Crippen LogP contribution in [0.2, 0.25) is 0 Å². The summed E-state index contributed by atoms with van der Waals surface area (Å²) in [6.07, 6.45) is 1.34. The van der Waals surface area contributed by atoms with Crippen LogP contribution in [-0.2, 0) is 16.0 Å². The molecule has 0 N–H and O–H groups in total. The standard InChI is InChI=1S/C22H35N3O2/c1-5-24(6-2)22(27)17-23-13-15-25(16-14-23)21(26)12-9-19-7-10-20(11-8-19)18(3)4/h7-8,10-11,18H,5-6,9,12-17H2,1-4H3. The van der Waals surface area contributed by atoms with Crippen molar-refractivity contribution < 1.29 is 9.59 Å². The normalized spacial score (nSPS) is 15.2. The minimum atomic E-state index is 0.185. The van der Waals surface area contributed by atoms with E-state index in [0.717, 1.165) is 45.7 Å². The number of rotatable bonds is 8. The van der Waals surface area contributed by atoms with Crippen LogP contribution in [0.25, 0.3) is 0 Å². The van der Waals surface area contributed by atoms with Gasteiger partial charge in [0.1, 0.15) is 0 Å². The Bertz CT molecular complexity index is 600. The SMILES string of the molecule is CCN(CC)C(=O)CN1CCN(C(=O)CCc2ccc(C(C)C)cc2)CC1. The van der Waals surface area contributed by atoms with E-state index in [2.05, 4.69) is 43.0 Å². The van der Waals surface area contributed by atoms with Gasteiger partial charge in [0.05, 0.1) is 6.54 Å². The van der Waals surface area contributed by atoms with E-state index in [4.69, 9.17) is 0 Å². The molecule has 2 rings (SSSR count). The molecule has 1 aliphatic heterocycles. The van der Waals surface area contributed by atoms with Gasteiger partial charge >= 0.3 is 0 Å². The van der Waals surface area contributed by atoms with Crippen molar-refractivity contribution in [2.45, 2.75) is 46.5 Å². The lowest BCUT2D eigenvalue weighted by atomic mass is 10.00. The van der Waals surface area contributed by atoms with Gasteiger partial charge in [0.2, 0.25) is 11.8 Å². The summed E-state index contributed by atoms with van der Waals surface area (Å²) in [4.78, 5) is 30.7. The third-order valence-corrected chi connectivity index (χ3v) is 5.47. The van der Waals surface area contributed by atoms with Gasteiger partial charge in [-0.2, -0.15) is 0 Å². The molecule has 0 radical (unpaired) electrons. The molecule has 0 atom stereocenters. The maximum atomic E-state index is 12.5. The van der Waals surface area contributed by atoms with Gasteiger partial charge in [-0.1, -0.05) is 38.1 Å². The molecule has 1 aliphatic rings. The molecular weight excluding hydrogens is 338 g/mol. The lowest BCUT2D eigenvalue weighted by Crippen LogP contribution is -2.51. The highest BCUT2D eigenvalue weighted by molar-refractivity contribution is 5.78. The maximum Gasteiger partial charge on any atom is 0.236 e. The first-order valence-corrected chi connectivity index (χ1v) is 10.3. The third-order valence-electron chi connectivity index (χ3n) is 5.47. The van der Waals surface area contributed by atoms with Crippen LogP contribution in [0.15, 0.2) is 24.3 Å². The zero-order chi connectivity index (χ0) is 19.8. The summed E-state index contributed by atoms with van der Waals surface area (Å²) in [6, 6.07) is 8.60. The van der Waals surface area contributed by atoms with Crippen LogP contribution in [0, 0.1) is 0 Å². The average Bonchev–Trinajstić information content (AvgIpc) is 2.68. The average molecular weight is 374 g/mol. The van der Waals surface area contributed by atoms with E-state index in [1.165, 1.54) is 11.1 Å². The first-order valence-electron chi connectivity index (χ1n) is 10.3. The predicted molar refractivity (Wildman–Crippen MR) is 110 cm³/mol. The zero-order valence-corrected chi connectivity index (χ0v) is 17.4. The van der Waals surface area contributed by atoms with E-state index in [1.54, 1.807) is 0 Å². The highest BCUT2D eigenvalue weighted by atomic mass is 16.2. The Morgan fingerprint density at radius 3 is 2.11 bits per heavy atom. The first-order chi connectivity index (χ1) is 12.9. The number of likely N-dealkylation sites (N-methyl/N-ethyl adjacent to an activating group) is 1. The van der Waals surface area contributed by atoms with E-state index in [1.807, 2.05) is 23.6 Å². The molecule has 0 spiro atoms. The Morgan fingerprint density at radius 1 is 1.00 bits per heavy atom. The number of hydrogen-bond acceptors (Lipinski definition) is 3. The molecule has 150 valence electrons. The van der Waals surface area contributed by atoms with Crippen LogP contribution >= 0.6 is 0 Å². The molecule has 1 aromatic rings. The van der Waals surface area contributed by atoms with E-state index in [-0.39, 0.29) is 11.8 Å². The van der Waals surface area contributed by atoms with Crippen molar-refractivity contribution in [3.05, 3.63) is 35.4 Å². The molecule has 27 heavy (non-hydrogen) atoms. The van der Waals surface area contributed by atoms with E-state index in [0.29, 0.717) is 18.9 Å². The van der Waals surface area contributed by atoms with Gasteiger partial charge in [-0.05, 0) is 37.3 Å². The van der Waals surface area contributed by atoms with Crippen molar-refractivity contribution in [2.75, 3.05) is 45.8 Å². The Labute approximate surface area is 164 Å². The van der Waals surface area contributed by atoms with Crippen LogP contribution in [0.5, 0.6) is 0 Å². The van der Waals surface area contributed by atoms with Gasteiger partial charge in [-0.15, -0.1) is 0 Å². The molecule has 2 amide bonds. The third kappa shape index (κ3) is 6.35. The molecule has 5 nitrogen and oxygen atoms in total. The van der Waals surface area contributed by atoms with Gasteiger partial charge < -0.3 is 9.80 Å². The highest BCUT2D eigenvalue weighted by Crippen LogP contribution is 2.16. The van der Waals surface area contributed by atoms with E-state index < -0.39 is 0 Å².